The molecule has 0 aliphatic heterocycles. The second-order valence-corrected chi connectivity index (χ2v) is 2.30. The molecule has 0 bridgehead atoms. The van der Waals surface area contributed by atoms with E-state index in [2.05, 4.69) is 4.74 Å². The Labute approximate surface area is 76.6 Å². The van der Waals surface area contributed by atoms with E-state index in [1.807, 2.05) is 0 Å². The van der Waals surface area contributed by atoms with Crippen LogP contribution in [-0.2, 0) is 14.3 Å². The monoisotopic (exact) mass is 190 g/mol. The fourth-order valence-corrected chi connectivity index (χ4v) is 0.510. The molecule has 13 heavy (non-hydrogen) atoms. The minimum Gasteiger partial charge on any atom is -0.501 e. The Morgan fingerprint density at radius 1 is 1.62 bits per heavy atom. The van der Waals surface area contributed by atoms with Gasteiger partial charge in [0.1, 0.15) is 6.61 Å². The van der Waals surface area contributed by atoms with Crippen molar-refractivity contribution in [2.45, 2.75) is 20.1 Å². The van der Waals surface area contributed by atoms with Crippen molar-refractivity contribution in [1.82, 2.24) is 0 Å². The Morgan fingerprint density at radius 2 is 2.23 bits per heavy atom. The highest BCUT2D eigenvalue weighted by Crippen LogP contribution is 1.99. The van der Waals surface area contributed by atoms with E-state index >= 15 is 0 Å². The van der Waals surface area contributed by atoms with Gasteiger partial charge in [0.05, 0.1) is 18.4 Å². The fourth-order valence-electron chi connectivity index (χ4n) is 0.510. The summed E-state index contributed by atoms with van der Waals surface area (Å²) < 4.78 is 9.20. The summed E-state index contributed by atoms with van der Waals surface area (Å²) in [5, 5.41) is 17.1. The quantitative estimate of drug-likeness (QED) is 0.271. The van der Waals surface area contributed by atoms with Gasteiger partial charge >= 0.3 is 5.97 Å². The predicted molar refractivity (Wildman–Crippen MR) is 44.6 cm³/mol. The predicted octanol–water partition coefficient (Wildman–Crippen LogP) is -0.219. The van der Waals surface area contributed by atoms with Gasteiger partial charge in [0.2, 0.25) is 6.29 Å². The van der Waals surface area contributed by atoms with Crippen molar-refractivity contribution in [3.05, 3.63) is 11.8 Å². The van der Waals surface area contributed by atoms with Gasteiger partial charge in [-0.05, 0) is 13.8 Å². The van der Waals surface area contributed by atoms with E-state index in [0.29, 0.717) is 6.61 Å². The Hall–Kier alpha value is -1.07. The zero-order valence-corrected chi connectivity index (χ0v) is 7.69. The number of ether oxygens (including phenoxy) is 2. The maximum absolute atomic E-state index is 11.0. The van der Waals surface area contributed by atoms with Crippen LogP contribution in [0.25, 0.3) is 0 Å². The lowest BCUT2D eigenvalue weighted by Gasteiger charge is -2.08. The Kier molecular flexibility index (Phi) is 5.92. The largest absolute Gasteiger partial charge is 0.501 e. The first-order valence-corrected chi connectivity index (χ1v) is 3.90. The molecule has 0 fully saturated rings. The number of carbonyl (C=O) groups is 1. The molecule has 5 heteroatoms. The highest BCUT2D eigenvalue weighted by Gasteiger charge is 2.11. The highest BCUT2D eigenvalue weighted by atomic mass is 16.6. The van der Waals surface area contributed by atoms with Crippen LogP contribution >= 0.6 is 0 Å². The first-order chi connectivity index (χ1) is 6.11. The molecule has 76 valence electrons. The van der Waals surface area contributed by atoms with Gasteiger partial charge in [0.25, 0.3) is 0 Å². The summed E-state index contributed by atoms with van der Waals surface area (Å²) in [6.07, 6.45) is -0.232. The van der Waals surface area contributed by atoms with Crippen LogP contribution in [0.1, 0.15) is 13.8 Å². The van der Waals surface area contributed by atoms with Crippen molar-refractivity contribution in [3.8, 4) is 0 Å². The lowest BCUT2D eigenvalue weighted by molar-refractivity contribution is -0.168. The molecule has 0 aromatic rings. The molecule has 5 nitrogen and oxygen atoms in total. The molecular weight excluding hydrogens is 176 g/mol. The lowest BCUT2D eigenvalue weighted by atomic mass is 10.3. The molecule has 0 saturated carbocycles. The van der Waals surface area contributed by atoms with Crippen molar-refractivity contribution in [3.63, 3.8) is 0 Å². The van der Waals surface area contributed by atoms with E-state index in [1.54, 1.807) is 6.92 Å². The summed E-state index contributed by atoms with van der Waals surface area (Å²) in [4.78, 5) is 11.0. The minimum absolute atomic E-state index is 0.231. The van der Waals surface area contributed by atoms with Crippen molar-refractivity contribution in [1.29, 1.82) is 0 Å². The van der Waals surface area contributed by atoms with Crippen molar-refractivity contribution in [2.75, 3.05) is 13.2 Å². The SMILES string of the molecule is CCO/C=C(\C)C(=O)OC(O)CO. The zero-order chi connectivity index (χ0) is 10.3. The standard InChI is InChI=1S/C8H14O5/c1-3-12-5-6(2)8(11)13-7(10)4-9/h5,7,9-10H,3-4H2,1-2H3/b6-5+. The molecule has 1 atom stereocenters. The summed E-state index contributed by atoms with van der Waals surface area (Å²) in [6, 6.07) is 0. The van der Waals surface area contributed by atoms with Gasteiger partial charge in [-0.25, -0.2) is 4.79 Å². The molecule has 0 aromatic heterocycles. The number of aliphatic hydroxyl groups is 2. The van der Waals surface area contributed by atoms with Crippen LogP contribution in [0, 0.1) is 0 Å². The molecule has 0 spiro atoms. The second-order valence-electron chi connectivity index (χ2n) is 2.30. The Morgan fingerprint density at radius 3 is 2.69 bits per heavy atom. The van der Waals surface area contributed by atoms with Crippen LogP contribution in [0.3, 0.4) is 0 Å². The van der Waals surface area contributed by atoms with E-state index in [1.165, 1.54) is 13.2 Å². The van der Waals surface area contributed by atoms with Crippen LogP contribution < -0.4 is 0 Å². The first-order valence-electron chi connectivity index (χ1n) is 3.90. The summed E-state index contributed by atoms with van der Waals surface area (Å²) in [5.74, 6) is -0.713. The molecule has 2 N–H and O–H groups in total. The Bertz CT molecular complexity index is 187. The molecule has 0 radical (unpaired) electrons. The van der Waals surface area contributed by atoms with E-state index in [9.17, 15) is 4.79 Å². The van der Waals surface area contributed by atoms with E-state index < -0.39 is 18.9 Å². The van der Waals surface area contributed by atoms with E-state index in [-0.39, 0.29) is 5.57 Å². The summed E-state index contributed by atoms with van der Waals surface area (Å²) in [7, 11) is 0. The van der Waals surface area contributed by atoms with Gasteiger partial charge in [-0.1, -0.05) is 0 Å². The van der Waals surface area contributed by atoms with Crippen LogP contribution in [0.5, 0.6) is 0 Å². The van der Waals surface area contributed by atoms with Crippen molar-refractivity contribution < 1.29 is 24.5 Å². The second kappa shape index (κ2) is 6.45. The third-order valence-corrected chi connectivity index (χ3v) is 1.15. The van der Waals surface area contributed by atoms with Crippen LogP contribution in [0.15, 0.2) is 11.8 Å². The van der Waals surface area contributed by atoms with Crippen molar-refractivity contribution >= 4 is 5.97 Å². The normalized spacial score (nSPS) is 13.7. The molecule has 0 heterocycles. The maximum Gasteiger partial charge on any atom is 0.339 e. The molecule has 0 aromatic carbocycles. The van der Waals surface area contributed by atoms with E-state index in [0.717, 1.165) is 0 Å². The molecule has 0 aliphatic rings. The average Bonchev–Trinajstić information content (AvgIpc) is 2.13. The number of rotatable bonds is 5. The minimum atomic E-state index is -1.47. The summed E-state index contributed by atoms with van der Waals surface area (Å²) >= 11 is 0. The zero-order valence-electron chi connectivity index (χ0n) is 7.69. The van der Waals surface area contributed by atoms with Crippen LogP contribution in [0.2, 0.25) is 0 Å². The van der Waals surface area contributed by atoms with Gasteiger partial charge in [-0.2, -0.15) is 0 Å². The number of aliphatic hydroxyl groups excluding tert-OH is 2. The molecule has 0 aliphatic carbocycles. The fraction of sp³-hybridized carbons (Fsp3) is 0.625. The third-order valence-electron chi connectivity index (χ3n) is 1.15. The Balaban J connectivity index is 3.95. The first kappa shape index (κ1) is 11.9. The van der Waals surface area contributed by atoms with Crippen molar-refractivity contribution in [2.24, 2.45) is 0 Å². The van der Waals surface area contributed by atoms with Gasteiger partial charge in [-0.3, -0.25) is 0 Å². The number of esters is 1. The summed E-state index contributed by atoms with van der Waals surface area (Å²) in [6.45, 7) is 3.10. The van der Waals surface area contributed by atoms with Gasteiger partial charge < -0.3 is 19.7 Å². The third kappa shape index (κ3) is 5.21. The van der Waals surface area contributed by atoms with Gasteiger partial charge in [0, 0.05) is 0 Å². The average molecular weight is 190 g/mol. The van der Waals surface area contributed by atoms with Gasteiger partial charge in [-0.15, -0.1) is 0 Å². The molecule has 0 amide bonds. The molecule has 0 saturated heterocycles. The smallest absolute Gasteiger partial charge is 0.339 e. The molecule has 0 rings (SSSR count). The van der Waals surface area contributed by atoms with E-state index in [4.69, 9.17) is 14.9 Å². The number of hydrogen-bond donors (Lipinski definition) is 2. The van der Waals surface area contributed by atoms with Crippen LogP contribution in [0.4, 0.5) is 0 Å². The highest BCUT2D eigenvalue weighted by molar-refractivity contribution is 5.87. The van der Waals surface area contributed by atoms with Crippen LogP contribution in [-0.4, -0.2) is 35.7 Å². The maximum atomic E-state index is 11.0. The number of carbonyl (C=O) groups excluding carboxylic acids is 1. The topological polar surface area (TPSA) is 76.0 Å². The lowest BCUT2D eigenvalue weighted by Crippen LogP contribution is -2.21. The molecular formula is C8H14O5. The van der Waals surface area contributed by atoms with Gasteiger partial charge in [0.15, 0.2) is 0 Å². The summed E-state index contributed by atoms with van der Waals surface area (Å²) in [5.41, 5.74) is 0.231. The molecule has 1 unspecified atom stereocenters. The number of hydrogen-bond acceptors (Lipinski definition) is 5.